The molecule has 0 amide bonds. The van der Waals surface area contributed by atoms with Crippen molar-refractivity contribution in [2.45, 2.75) is 198 Å². The number of aliphatic hydroxyl groups excluding tert-OH is 4. The van der Waals surface area contributed by atoms with Gasteiger partial charge in [-0.15, -0.1) is 0 Å². The highest BCUT2D eigenvalue weighted by Gasteiger charge is 2.44. The molecule has 0 saturated carbocycles. The Bertz CT molecular complexity index is 662. The normalized spacial score (nSPS) is 22.5. The van der Waals surface area contributed by atoms with Crippen LogP contribution in [0.2, 0.25) is 0 Å². The van der Waals surface area contributed by atoms with Gasteiger partial charge in [-0.05, 0) is 12.8 Å². The average Bonchev–Trinajstić information content (AvgIpc) is 3.04. The molecule has 4 N–H and O–H groups in total. The monoisotopic (exact) mass is 647 g/mol. The maximum Gasteiger partial charge on any atom is 0.306 e. The number of hydrogen-bond donors (Lipinski definition) is 4. The quantitative estimate of drug-likeness (QED) is 0.0477. The van der Waals surface area contributed by atoms with E-state index in [9.17, 15) is 25.2 Å². The first-order valence-corrected chi connectivity index (χ1v) is 18.6. The molecule has 1 fully saturated rings. The van der Waals surface area contributed by atoms with Crippen LogP contribution < -0.4 is 0 Å². The highest BCUT2D eigenvalue weighted by Crippen LogP contribution is 2.22. The number of carbonyl (C=O) groups excluding carboxylic acids is 1. The number of carbonyl (C=O) groups is 1. The zero-order valence-electron chi connectivity index (χ0n) is 28.9. The van der Waals surface area contributed by atoms with Crippen molar-refractivity contribution in [1.29, 1.82) is 0 Å². The van der Waals surface area contributed by atoms with Crippen molar-refractivity contribution in [3.8, 4) is 0 Å². The number of esters is 1. The van der Waals surface area contributed by atoms with Crippen LogP contribution in [0.1, 0.15) is 162 Å². The topological polar surface area (TPSA) is 135 Å². The van der Waals surface area contributed by atoms with Crippen LogP contribution in [-0.2, 0) is 23.7 Å². The summed E-state index contributed by atoms with van der Waals surface area (Å²) in [6.07, 6.45) is 20.0. The Hall–Kier alpha value is -0.810. The van der Waals surface area contributed by atoms with Gasteiger partial charge in [-0.2, -0.15) is 0 Å². The molecule has 1 rings (SSSR count). The Morgan fingerprint density at radius 2 is 1.09 bits per heavy atom. The summed E-state index contributed by atoms with van der Waals surface area (Å²) in [7, 11) is 0. The number of rotatable bonds is 31. The largest absolute Gasteiger partial charge is 0.457 e. The van der Waals surface area contributed by atoms with Crippen LogP contribution in [0.3, 0.4) is 0 Å². The van der Waals surface area contributed by atoms with Gasteiger partial charge in [-0.3, -0.25) is 4.79 Å². The van der Waals surface area contributed by atoms with E-state index in [1.165, 1.54) is 109 Å². The Morgan fingerprint density at radius 1 is 0.622 bits per heavy atom. The van der Waals surface area contributed by atoms with Crippen LogP contribution in [0.25, 0.3) is 0 Å². The van der Waals surface area contributed by atoms with Gasteiger partial charge in [0.25, 0.3) is 0 Å². The lowest BCUT2D eigenvalue weighted by molar-refractivity contribution is -0.305. The molecule has 9 nitrogen and oxygen atoms in total. The smallest absolute Gasteiger partial charge is 0.306 e. The second kappa shape index (κ2) is 29.3. The molecule has 0 radical (unpaired) electrons. The molecule has 1 saturated heterocycles. The fraction of sp³-hybridized carbons (Fsp3) is 0.972. The molecule has 6 atom stereocenters. The van der Waals surface area contributed by atoms with Crippen molar-refractivity contribution in [3.05, 3.63) is 0 Å². The van der Waals surface area contributed by atoms with Crippen molar-refractivity contribution in [1.82, 2.24) is 0 Å². The summed E-state index contributed by atoms with van der Waals surface area (Å²) in [6, 6.07) is 0. The molecule has 6 unspecified atom stereocenters. The fourth-order valence-corrected chi connectivity index (χ4v) is 5.78. The Labute approximate surface area is 274 Å². The third-order valence-electron chi connectivity index (χ3n) is 8.77. The highest BCUT2D eigenvalue weighted by molar-refractivity contribution is 5.69. The SMILES string of the molecule is CCCCCCCCCCCCCCCCCOCC(COC1OC(CO)C(O)C(O)C1O)OC(=O)CCCCCCCCC. The number of unbranched alkanes of at least 4 members (excludes halogenated alkanes) is 20. The molecular formula is C36H70O9. The maximum absolute atomic E-state index is 12.6. The second-order valence-corrected chi connectivity index (χ2v) is 13.0. The summed E-state index contributed by atoms with van der Waals surface area (Å²) >= 11 is 0. The van der Waals surface area contributed by atoms with Crippen LogP contribution in [0, 0.1) is 0 Å². The van der Waals surface area contributed by atoms with Gasteiger partial charge in [0.15, 0.2) is 6.29 Å². The third-order valence-corrected chi connectivity index (χ3v) is 8.77. The Kier molecular flexibility index (Phi) is 27.5. The van der Waals surface area contributed by atoms with E-state index in [0.717, 1.165) is 32.1 Å². The average molecular weight is 647 g/mol. The maximum atomic E-state index is 12.6. The third kappa shape index (κ3) is 21.6. The van der Waals surface area contributed by atoms with E-state index in [-0.39, 0.29) is 19.2 Å². The fourth-order valence-electron chi connectivity index (χ4n) is 5.78. The van der Waals surface area contributed by atoms with Crippen LogP contribution in [-0.4, -0.2) is 89.6 Å². The summed E-state index contributed by atoms with van der Waals surface area (Å²) in [5, 5.41) is 39.8. The highest BCUT2D eigenvalue weighted by atomic mass is 16.7. The van der Waals surface area contributed by atoms with Crippen molar-refractivity contribution in [2.24, 2.45) is 0 Å². The molecule has 0 aromatic rings. The van der Waals surface area contributed by atoms with Crippen molar-refractivity contribution >= 4 is 5.97 Å². The molecule has 268 valence electrons. The predicted octanol–water partition coefficient (Wildman–Crippen LogP) is 6.74. The summed E-state index contributed by atoms with van der Waals surface area (Å²) in [5.41, 5.74) is 0. The summed E-state index contributed by atoms with van der Waals surface area (Å²) < 4.78 is 22.6. The first kappa shape index (κ1) is 42.2. The van der Waals surface area contributed by atoms with Gasteiger partial charge in [-0.1, -0.05) is 142 Å². The van der Waals surface area contributed by atoms with E-state index in [2.05, 4.69) is 13.8 Å². The standard InChI is InChI=1S/C36H70O9/c1-3-5-7-9-11-12-13-14-15-16-17-18-20-22-24-26-42-28-30(44-32(38)25-23-21-19-10-8-6-4-2)29-43-36-35(41)34(40)33(39)31(27-37)45-36/h30-31,33-37,39-41H,3-29H2,1-2H3. The number of hydrogen-bond acceptors (Lipinski definition) is 9. The van der Waals surface area contributed by atoms with Gasteiger partial charge in [-0.25, -0.2) is 0 Å². The summed E-state index contributed by atoms with van der Waals surface area (Å²) in [6.45, 7) is 4.52. The van der Waals surface area contributed by atoms with Gasteiger partial charge in [0.2, 0.25) is 0 Å². The van der Waals surface area contributed by atoms with E-state index in [1.54, 1.807) is 0 Å². The molecule has 0 spiro atoms. The minimum absolute atomic E-state index is 0.107. The molecule has 0 bridgehead atoms. The zero-order chi connectivity index (χ0) is 33.0. The molecule has 0 aromatic heterocycles. The second-order valence-electron chi connectivity index (χ2n) is 13.0. The minimum atomic E-state index is -1.53. The molecule has 9 heteroatoms. The Morgan fingerprint density at radius 3 is 1.58 bits per heavy atom. The molecule has 45 heavy (non-hydrogen) atoms. The van der Waals surface area contributed by atoms with Gasteiger partial charge < -0.3 is 39.4 Å². The van der Waals surface area contributed by atoms with E-state index < -0.39 is 43.4 Å². The van der Waals surface area contributed by atoms with Crippen LogP contribution in [0.5, 0.6) is 0 Å². The minimum Gasteiger partial charge on any atom is -0.457 e. The molecule has 0 aromatic carbocycles. The lowest BCUT2D eigenvalue weighted by Crippen LogP contribution is -2.59. The summed E-state index contributed by atoms with van der Waals surface area (Å²) in [5.74, 6) is -0.318. The van der Waals surface area contributed by atoms with Crippen molar-refractivity contribution < 1.29 is 44.2 Å². The zero-order valence-corrected chi connectivity index (χ0v) is 28.9. The number of ether oxygens (including phenoxy) is 4. The Balaban J connectivity index is 2.28. The van der Waals surface area contributed by atoms with E-state index >= 15 is 0 Å². The van der Waals surface area contributed by atoms with E-state index in [0.29, 0.717) is 13.0 Å². The van der Waals surface area contributed by atoms with Gasteiger partial charge in [0.05, 0.1) is 19.8 Å². The van der Waals surface area contributed by atoms with Crippen molar-refractivity contribution in [3.63, 3.8) is 0 Å². The molecule has 1 heterocycles. The lowest BCUT2D eigenvalue weighted by atomic mass is 9.99. The summed E-state index contributed by atoms with van der Waals surface area (Å²) in [4.78, 5) is 12.6. The van der Waals surface area contributed by atoms with Crippen LogP contribution in [0.4, 0.5) is 0 Å². The van der Waals surface area contributed by atoms with Crippen LogP contribution in [0.15, 0.2) is 0 Å². The molecule has 1 aliphatic rings. The molecular weight excluding hydrogens is 576 g/mol. The predicted molar refractivity (Wildman–Crippen MR) is 178 cm³/mol. The van der Waals surface area contributed by atoms with E-state index in [4.69, 9.17) is 18.9 Å². The first-order chi connectivity index (χ1) is 21.9. The van der Waals surface area contributed by atoms with Crippen molar-refractivity contribution in [2.75, 3.05) is 26.4 Å². The van der Waals surface area contributed by atoms with Crippen LogP contribution >= 0.6 is 0 Å². The van der Waals surface area contributed by atoms with E-state index in [1.807, 2.05) is 0 Å². The first-order valence-electron chi connectivity index (χ1n) is 18.6. The lowest BCUT2D eigenvalue weighted by Gasteiger charge is -2.39. The van der Waals surface area contributed by atoms with Gasteiger partial charge in [0, 0.05) is 13.0 Å². The van der Waals surface area contributed by atoms with Gasteiger partial charge >= 0.3 is 5.97 Å². The number of aliphatic hydroxyl groups is 4. The van der Waals surface area contributed by atoms with Gasteiger partial charge in [0.1, 0.15) is 30.5 Å². The molecule has 0 aliphatic carbocycles. The molecule has 1 aliphatic heterocycles.